The lowest BCUT2D eigenvalue weighted by Gasteiger charge is -2.08. The van der Waals surface area contributed by atoms with Crippen LogP contribution in [0.5, 0.6) is 0 Å². The highest BCUT2D eigenvalue weighted by Gasteiger charge is 2.06. The summed E-state index contributed by atoms with van der Waals surface area (Å²) in [5, 5.41) is 12.2. The van der Waals surface area contributed by atoms with E-state index in [-0.39, 0.29) is 5.15 Å². The van der Waals surface area contributed by atoms with Crippen LogP contribution < -0.4 is 5.32 Å². The molecule has 1 heterocycles. The van der Waals surface area contributed by atoms with Gasteiger partial charge in [0.2, 0.25) is 0 Å². The molecule has 84 valence electrons. The Morgan fingerprint density at radius 3 is 2.76 bits per heavy atom. The Bertz CT molecular complexity index is 594. The number of nitrogens with zero attached hydrogens (tertiary/aromatic N) is 3. The fraction of sp³-hybridized carbons (Fsp3) is 0. The number of anilines is 2. The SMILES string of the molecule is N#Cc1cc(Br)ccc1Nc1nccnc1Cl. The second-order valence-corrected chi connectivity index (χ2v) is 4.40. The Balaban J connectivity index is 2.37. The van der Waals surface area contributed by atoms with E-state index in [0.29, 0.717) is 17.1 Å². The summed E-state index contributed by atoms with van der Waals surface area (Å²) in [7, 11) is 0. The fourth-order valence-corrected chi connectivity index (χ4v) is 1.76. The first-order chi connectivity index (χ1) is 8.20. The van der Waals surface area contributed by atoms with Crippen molar-refractivity contribution in [3.63, 3.8) is 0 Å². The molecule has 0 aliphatic heterocycles. The van der Waals surface area contributed by atoms with Gasteiger partial charge in [-0.15, -0.1) is 0 Å². The van der Waals surface area contributed by atoms with Gasteiger partial charge in [-0.05, 0) is 18.2 Å². The minimum Gasteiger partial charge on any atom is -0.337 e. The average molecular weight is 310 g/mol. The van der Waals surface area contributed by atoms with E-state index in [9.17, 15) is 0 Å². The summed E-state index contributed by atoms with van der Waals surface area (Å²) < 4.78 is 0.838. The topological polar surface area (TPSA) is 61.6 Å². The van der Waals surface area contributed by atoms with E-state index in [1.807, 2.05) is 6.07 Å². The molecule has 0 saturated carbocycles. The van der Waals surface area contributed by atoms with E-state index in [0.717, 1.165) is 4.47 Å². The van der Waals surface area contributed by atoms with Gasteiger partial charge < -0.3 is 5.32 Å². The standard InChI is InChI=1S/C11H6BrClN4/c12-8-1-2-9(7(5-8)6-14)17-11-10(13)15-3-4-16-11/h1-5H,(H,16,17). The molecule has 0 fully saturated rings. The number of benzene rings is 1. The number of nitriles is 1. The molecule has 0 atom stereocenters. The molecule has 0 aliphatic rings. The summed E-state index contributed by atoms with van der Waals surface area (Å²) in [6.07, 6.45) is 3.03. The van der Waals surface area contributed by atoms with Gasteiger partial charge in [-0.1, -0.05) is 27.5 Å². The van der Waals surface area contributed by atoms with Crippen molar-refractivity contribution in [2.24, 2.45) is 0 Å². The number of rotatable bonds is 2. The maximum Gasteiger partial charge on any atom is 0.171 e. The number of nitrogens with one attached hydrogen (secondary N) is 1. The summed E-state index contributed by atoms with van der Waals surface area (Å²) in [6, 6.07) is 7.41. The van der Waals surface area contributed by atoms with Crippen LogP contribution in [0.25, 0.3) is 0 Å². The van der Waals surface area contributed by atoms with Crippen molar-refractivity contribution in [1.29, 1.82) is 5.26 Å². The van der Waals surface area contributed by atoms with E-state index in [1.165, 1.54) is 12.4 Å². The second kappa shape index (κ2) is 5.13. The molecule has 0 unspecified atom stereocenters. The molecular weight excluding hydrogens is 304 g/mol. The van der Waals surface area contributed by atoms with E-state index < -0.39 is 0 Å². The summed E-state index contributed by atoms with van der Waals surface area (Å²) in [5.41, 5.74) is 1.14. The molecule has 2 rings (SSSR count). The molecular formula is C11H6BrClN4. The number of hydrogen-bond donors (Lipinski definition) is 1. The Morgan fingerprint density at radius 2 is 2.06 bits per heavy atom. The van der Waals surface area contributed by atoms with Gasteiger partial charge in [-0.3, -0.25) is 0 Å². The molecule has 0 spiro atoms. The number of hydrogen-bond acceptors (Lipinski definition) is 4. The molecule has 6 heteroatoms. The Labute approximate surface area is 111 Å². The van der Waals surface area contributed by atoms with Gasteiger partial charge in [0.1, 0.15) is 6.07 Å². The van der Waals surface area contributed by atoms with Crippen LogP contribution in [0.2, 0.25) is 5.15 Å². The van der Waals surface area contributed by atoms with Crippen molar-refractivity contribution in [1.82, 2.24) is 9.97 Å². The van der Waals surface area contributed by atoms with Gasteiger partial charge in [0.25, 0.3) is 0 Å². The van der Waals surface area contributed by atoms with E-state index in [4.69, 9.17) is 16.9 Å². The summed E-state index contributed by atoms with van der Waals surface area (Å²) in [5.74, 6) is 0.424. The first-order valence-corrected chi connectivity index (χ1v) is 5.81. The van der Waals surface area contributed by atoms with E-state index in [2.05, 4.69) is 37.3 Å². The Hall–Kier alpha value is -1.64. The largest absolute Gasteiger partial charge is 0.337 e. The zero-order valence-corrected chi connectivity index (χ0v) is 10.8. The van der Waals surface area contributed by atoms with Crippen molar-refractivity contribution in [2.75, 3.05) is 5.32 Å². The highest BCUT2D eigenvalue weighted by molar-refractivity contribution is 9.10. The maximum absolute atomic E-state index is 9.01. The maximum atomic E-state index is 9.01. The number of aromatic nitrogens is 2. The van der Waals surface area contributed by atoms with Crippen LogP contribution in [-0.4, -0.2) is 9.97 Å². The minimum atomic E-state index is 0.263. The molecule has 4 nitrogen and oxygen atoms in total. The van der Waals surface area contributed by atoms with Crippen molar-refractivity contribution in [2.45, 2.75) is 0 Å². The third-order valence-electron chi connectivity index (χ3n) is 2.01. The van der Waals surface area contributed by atoms with Gasteiger partial charge in [0.15, 0.2) is 11.0 Å². The molecule has 0 saturated heterocycles. The van der Waals surface area contributed by atoms with Crippen molar-refractivity contribution in [3.05, 3.63) is 45.8 Å². The zero-order chi connectivity index (χ0) is 12.3. The quantitative estimate of drug-likeness (QED) is 0.922. The van der Waals surface area contributed by atoms with Crippen LogP contribution in [0.3, 0.4) is 0 Å². The van der Waals surface area contributed by atoms with Gasteiger partial charge in [0.05, 0.1) is 11.3 Å². The summed E-state index contributed by atoms with van der Waals surface area (Å²) in [4.78, 5) is 7.94. The molecule has 1 N–H and O–H groups in total. The molecule has 2 aromatic rings. The molecule has 1 aromatic heterocycles. The van der Waals surface area contributed by atoms with Crippen LogP contribution in [0.1, 0.15) is 5.56 Å². The van der Waals surface area contributed by atoms with Crippen LogP contribution >= 0.6 is 27.5 Å². The van der Waals surface area contributed by atoms with Gasteiger partial charge in [-0.2, -0.15) is 5.26 Å². The van der Waals surface area contributed by atoms with Crippen LogP contribution in [0.4, 0.5) is 11.5 Å². The van der Waals surface area contributed by atoms with Gasteiger partial charge in [-0.25, -0.2) is 9.97 Å². The molecule has 0 radical (unpaired) electrons. The molecule has 1 aromatic carbocycles. The van der Waals surface area contributed by atoms with Crippen molar-refractivity contribution in [3.8, 4) is 6.07 Å². The highest BCUT2D eigenvalue weighted by atomic mass is 79.9. The first-order valence-electron chi connectivity index (χ1n) is 4.64. The molecule has 0 aliphatic carbocycles. The van der Waals surface area contributed by atoms with Crippen LogP contribution in [0, 0.1) is 11.3 Å². The Kier molecular flexibility index (Phi) is 3.57. The lowest BCUT2D eigenvalue weighted by molar-refractivity contribution is 1.20. The summed E-state index contributed by atoms with van der Waals surface area (Å²) in [6.45, 7) is 0. The third-order valence-corrected chi connectivity index (χ3v) is 2.78. The fourth-order valence-electron chi connectivity index (χ4n) is 1.25. The second-order valence-electron chi connectivity index (χ2n) is 3.12. The van der Waals surface area contributed by atoms with Crippen LogP contribution in [0.15, 0.2) is 35.1 Å². The van der Waals surface area contributed by atoms with Crippen LogP contribution in [-0.2, 0) is 0 Å². The smallest absolute Gasteiger partial charge is 0.171 e. The predicted octanol–water partition coefficient (Wildman–Crippen LogP) is 3.51. The van der Waals surface area contributed by atoms with E-state index in [1.54, 1.807) is 12.1 Å². The van der Waals surface area contributed by atoms with E-state index >= 15 is 0 Å². The van der Waals surface area contributed by atoms with Gasteiger partial charge in [0, 0.05) is 16.9 Å². The monoisotopic (exact) mass is 308 g/mol. The normalized spacial score (nSPS) is 9.71. The zero-order valence-electron chi connectivity index (χ0n) is 8.48. The third kappa shape index (κ3) is 2.73. The minimum absolute atomic E-state index is 0.263. The first kappa shape index (κ1) is 11.8. The molecule has 17 heavy (non-hydrogen) atoms. The lowest BCUT2D eigenvalue weighted by Crippen LogP contribution is -1.97. The summed E-state index contributed by atoms with van der Waals surface area (Å²) >= 11 is 9.18. The molecule has 0 bridgehead atoms. The van der Waals surface area contributed by atoms with Crippen molar-refractivity contribution >= 4 is 39.0 Å². The van der Waals surface area contributed by atoms with Gasteiger partial charge >= 0.3 is 0 Å². The number of halogens is 2. The average Bonchev–Trinajstić information content (AvgIpc) is 2.34. The highest BCUT2D eigenvalue weighted by Crippen LogP contribution is 2.25. The van der Waals surface area contributed by atoms with Crippen molar-refractivity contribution < 1.29 is 0 Å². The predicted molar refractivity (Wildman–Crippen MR) is 69.2 cm³/mol. The lowest BCUT2D eigenvalue weighted by atomic mass is 10.2. The Morgan fingerprint density at radius 1 is 1.29 bits per heavy atom. The molecule has 0 amide bonds.